The van der Waals surface area contributed by atoms with E-state index in [1.165, 1.54) is 12.8 Å². The van der Waals surface area contributed by atoms with Crippen molar-refractivity contribution in [1.29, 1.82) is 0 Å². The average molecular weight is 560 g/mol. The predicted molar refractivity (Wildman–Crippen MR) is 152 cm³/mol. The summed E-state index contributed by atoms with van der Waals surface area (Å²) < 4.78 is 22.1. The van der Waals surface area contributed by atoms with Gasteiger partial charge in [0.1, 0.15) is 6.61 Å². The number of nitrogens with zero attached hydrogens (tertiary/aromatic N) is 1. The van der Waals surface area contributed by atoms with Gasteiger partial charge in [0.15, 0.2) is 11.5 Å². The van der Waals surface area contributed by atoms with Gasteiger partial charge in [-0.05, 0) is 80.9 Å². The summed E-state index contributed by atoms with van der Waals surface area (Å²) in [5.41, 5.74) is 0.495. The van der Waals surface area contributed by atoms with E-state index in [0.29, 0.717) is 19.3 Å². The molecule has 0 aromatic heterocycles. The zero-order valence-corrected chi connectivity index (χ0v) is 25.2. The maximum absolute atomic E-state index is 12.5. The summed E-state index contributed by atoms with van der Waals surface area (Å²) >= 11 is 0. The van der Waals surface area contributed by atoms with Crippen molar-refractivity contribution in [3.63, 3.8) is 0 Å². The second kappa shape index (κ2) is 11.2. The lowest BCUT2D eigenvalue weighted by Crippen LogP contribution is -2.66. The Morgan fingerprint density at radius 1 is 1.15 bits per heavy atom. The van der Waals surface area contributed by atoms with E-state index in [9.17, 15) is 15.0 Å². The number of methoxy groups -OCH3 is 2. The molecule has 3 fully saturated rings. The number of hydrogen-bond acceptors (Lipinski definition) is 8. The number of ether oxygens (including phenoxy) is 4. The van der Waals surface area contributed by atoms with E-state index < -0.39 is 11.6 Å². The quantitative estimate of drug-likeness (QED) is 0.252. The zero-order chi connectivity index (χ0) is 28.9. The standard InChI is InChI=1S/C32H49NO7/c1-30(2,3)31(4,36)23-16-22-24-15-21-9-10-25(40-27(34)19-39-14-13-37-5)29(35)28(21)32(22,17-26(23)38-6)11-12-33(24)18-20-7-8-20/h9-10,20,22-24,26,35-36H,7-8,11-19H2,1-6H3/t22?,23-,24+,26-,31-,32-/m0/s1. The number of carbonyl (C=O) groups excluding carboxylic acids is 1. The molecule has 2 saturated carbocycles. The first-order valence-electron chi connectivity index (χ1n) is 15.0. The summed E-state index contributed by atoms with van der Waals surface area (Å²) in [7, 11) is 3.32. The molecule has 1 aromatic carbocycles. The van der Waals surface area contributed by atoms with E-state index in [2.05, 4.69) is 25.7 Å². The molecule has 0 radical (unpaired) electrons. The van der Waals surface area contributed by atoms with Crippen LogP contribution in [0.4, 0.5) is 0 Å². The topological polar surface area (TPSA) is 97.7 Å². The number of piperidine rings is 1. The number of benzene rings is 1. The second-order valence-electron chi connectivity index (χ2n) is 13.9. The van der Waals surface area contributed by atoms with Crippen molar-refractivity contribution in [3.05, 3.63) is 23.3 Å². The van der Waals surface area contributed by atoms with Crippen molar-refractivity contribution in [3.8, 4) is 11.5 Å². The Bertz CT molecular complexity index is 1080. The number of phenols is 1. The highest BCUT2D eigenvalue weighted by atomic mass is 16.6. The summed E-state index contributed by atoms with van der Waals surface area (Å²) in [5, 5.41) is 23.7. The molecule has 1 unspecified atom stereocenters. The molecule has 0 amide bonds. The van der Waals surface area contributed by atoms with E-state index in [0.717, 1.165) is 55.8 Å². The van der Waals surface area contributed by atoms with Gasteiger partial charge in [-0.15, -0.1) is 0 Å². The van der Waals surface area contributed by atoms with E-state index in [-0.39, 0.29) is 46.9 Å². The summed E-state index contributed by atoms with van der Waals surface area (Å²) in [6.07, 6.45) is 5.76. The van der Waals surface area contributed by atoms with Crippen LogP contribution in [0.25, 0.3) is 0 Å². The van der Waals surface area contributed by atoms with Crippen LogP contribution in [0.3, 0.4) is 0 Å². The van der Waals surface area contributed by atoms with Crippen molar-refractivity contribution in [2.75, 3.05) is 47.1 Å². The van der Waals surface area contributed by atoms with E-state index in [1.807, 2.05) is 13.0 Å². The average Bonchev–Trinajstić information content (AvgIpc) is 3.72. The Morgan fingerprint density at radius 2 is 1.90 bits per heavy atom. The fourth-order valence-corrected chi connectivity index (χ4v) is 7.91. The first-order chi connectivity index (χ1) is 18.9. The molecule has 2 N–H and O–H groups in total. The van der Waals surface area contributed by atoms with E-state index in [4.69, 9.17) is 18.9 Å². The predicted octanol–water partition coefficient (Wildman–Crippen LogP) is 4.08. The summed E-state index contributed by atoms with van der Waals surface area (Å²) in [6, 6.07) is 4.11. The molecular formula is C32H49NO7. The highest BCUT2D eigenvalue weighted by molar-refractivity contribution is 5.75. The van der Waals surface area contributed by atoms with Crippen LogP contribution in [0.2, 0.25) is 0 Å². The molecule has 3 aliphatic carbocycles. The normalized spacial score (nSPS) is 31.7. The maximum Gasteiger partial charge on any atom is 0.337 e. The lowest BCUT2D eigenvalue weighted by Gasteiger charge is -2.63. The van der Waals surface area contributed by atoms with Gasteiger partial charge >= 0.3 is 5.97 Å². The molecule has 8 nitrogen and oxygen atoms in total. The minimum absolute atomic E-state index is 0.0343. The molecule has 1 aliphatic heterocycles. The second-order valence-corrected chi connectivity index (χ2v) is 13.9. The Hall–Kier alpha value is -1.71. The molecule has 224 valence electrons. The van der Waals surface area contributed by atoms with Crippen LogP contribution in [-0.2, 0) is 30.8 Å². The van der Waals surface area contributed by atoms with Crippen LogP contribution in [0.5, 0.6) is 11.5 Å². The fraction of sp³-hybridized carbons (Fsp3) is 0.781. The number of aliphatic hydroxyl groups is 1. The number of hydrogen-bond donors (Lipinski definition) is 2. The number of esters is 1. The highest BCUT2D eigenvalue weighted by Gasteiger charge is 2.62. The summed E-state index contributed by atoms with van der Waals surface area (Å²) in [6.45, 7) is 10.9. The van der Waals surface area contributed by atoms with Gasteiger partial charge in [0.25, 0.3) is 0 Å². The van der Waals surface area contributed by atoms with Gasteiger partial charge in [0, 0.05) is 43.7 Å². The largest absolute Gasteiger partial charge is 0.504 e. The molecule has 0 spiro atoms. The summed E-state index contributed by atoms with van der Waals surface area (Å²) in [4.78, 5) is 15.2. The minimum atomic E-state index is -0.923. The molecule has 5 rings (SSSR count). The van der Waals surface area contributed by atoms with Crippen molar-refractivity contribution < 1.29 is 34.0 Å². The van der Waals surface area contributed by atoms with Crippen LogP contribution < -0.4 is 4.74 Å². The first kappa shape index (κ1) is 29.8. The molecule has 1 heterocycles. The van der Waals surface area contributed by atoms with Crippen LogP contribution in [0.15, 0.2) is 12.1 Å². The molecular weight excluding hydrogens is 510 g/mol. The third-order valence-electron chi connectivity index (χ3n) is 10.8. The smallest absolute Gasteiger partial charge is 0.337 e. The molecule has 2 bridgehead atoms. The Kier molecular flexibility index (Phi) is 8.32. The first-order valence-corrected chi connectivity index (χ1v) is 15.0. The number of phenolic OH excluding ortho intramolecular Hbond substituents is 1. The van der Waals surface area contributed by atoms with Gasteiger partial charge in [-0.2, -0.15) is 0 Å². The van der Waals surface area contributed by atoms with Gasteiger partial charge in [0.05, 0.1) is 24.9 Å². The van der Waals surface area contributed by atoms with Gasteiger partial charge in [-0.3, -0.25) is 4.90 Å². The zero-order valence-electron chi connectivity index (χ0n) is 25.2. The Balaban J connectivity index is 1.51. The summed E-state index contributed by atoms with van der Waals surface area (Å²) in [5.74, 6) is 0.716. The van der Waals surface area contributed by atoms with Crippen LogP contribution in [-0.4, -0.2) is 86.0 Å². The van der Waals surface area contributed by atoms with Crippen molar-refractivity contribution in [2.45, 2.75) is 89.4 Å². The molecule has 4 aliphatic rings. The number of aromatic hydroxyl groups is 1. The highest BCUT2D eigenvalue weighted by Crippen LogP contribution is 2.62. The van der Waals surface area contributed by atoms with Crippen molar-refractivity contribution >= 4 is 5.97 Å². The SMILES string of the molecule is COCCOCC(=O)Oc1ccc2c(c1O)[C@]13CCN(CC4CC4)[C@H](C2)C1C[C@H]([C@](C)(O)C(C)(C)C)[C@@H](OC)C3. The number of likely N-dealkylation sites (tertiary alicyclic amines) is 1. The molecule has 6 atom stereocenters. The Morgan fingerprint density at radius 3 is 2.55 bits per heavy atom. The third kappa shape index (κ3) is 5.31. The van der Waals surface area contributed by atoms with Gasteiger partial charge < -0.3 is 29.2 Å². The van der Waals surface area contributed by atoms with Gasteiger partial charge in [-0.25, -0.2) is 4.79 Å². The van der Waals surface area contributed by atoms with E-state index >= 15 is 0 Å². The Labute approximate surface area is 239 Å². The third-order valence-corrected chi connectivity index (χ3v) is 10.8. The van der Waals surface area contributed by atoms with Crippen LogP contribution >= 0.6 is 0 Å². The molecule has 8 heteroatoms. The van der Waals surface area contributed by atoms with Gasteiger partial charge in [-0.1, -0.05) is 26.8 Å². The minimum Gasteiger partial charge on any atom is -0.504 e. The van der Waals surface area contributed by atoms with Crippen molar-refractivity contribution in [2.24, 2.45) is 23.2 Å². The molecule has 1 aromatic rings. The maximum atomic E-state index is 12.5. The van der Waals surface area contributed by atoms with Gasteiger partial charge in [0.2, 0.25) is 0 Å². The monoisotopic (exact) mass is 559 g/mol. The van der Waals surface area contributed by atoms with Crippen LogP contribution in [0, 0.1) is 23.2 Å². The number of rotatable bonds is 10. The van der Waals surface area contributed by atoms with Crippen molar-refractivity contribution in [1.82, 2.24) is 4.90 Å². The lowest BCUT2D eigenvalue weighted by molar-refractivity contribution is -0.178. The molecule has 40 heavy (non-hydrogen) atoms. The lowest BCUT2D eigenvalue weighted by atomic mass is 9.47. The molecule has 1 saturated heterocycles. The number of fused-ring (bicyclic) bond motifs is 1. The van der Waals surface area contributed by atoms with Crippen LogP contribution in [0.1, 0.15) is 70.9 Å². The number of carbonyl (C=O) groups is 1. The van der Waals surface area contributed by atoms with E-state index in [1.54, 1.807) is 20.3 Å². The fourth-order valence-electron chi connectivity index (χ4n) is 7.91.